The quantitative estimate of drug-likeness (QED) is 0.192. The van der Waals surface area contributed by atoms with Gasteiger partial charge in [0.25, 0.3) is 5.70 Å². The van der Waals surface area contributed by atoms with Crippen LogP contribution in [0.5, 0.6) is 0 Å². The minimum absolute atomic E-state index is 0.113. The van der Waals surface area contributed by atoms with Gasteiger partial charge in [-0.3, -0.25) is 4.79 Å². The molecule has 0 amide bonds. The molecule has 0 fully saturated rings. The number of aliphatic hydroxyl groups is 1. The predicted octanol–water partition coefficient (Wildman–Crippen LogP) is 1.70. The minimum atomic E-state index is -0.853. The predicted molar refractivity (Wildman–Crippen MR) is 71.4 cm³/mol. The molecule has 6 nitrogen and oxygen atoms in total. The second-order valence-electron chi connectivity index (χ2n) is 3.08. The van der Waals surface area contributed by atoms with E-state index in [2.05, 4.69) is 9.58 Å². The zero-order valence-electron chi connectivity index (χ0n) is 10.7. The van der Waals surface area contributed by atoms with E-state index in [-0.39, 0.29) is 18.8 Å². The van der Waals surface area contributed by atoms with Crippen LogP contribution in [0.4, 0.5) is 0 Å². The molecule has 0 aliphatic carbocycles. The Balaban J connectivity index is 4.82. The number of carbonyl (C=O) groups excluding carboxylic acids is 2. The highest BCUT2D eigenvalue weighted by Crippen LogP contribution is 2.08. The lowest BCUT2D eigenvalue weighted by atomic mass is 10.2. The molecular formula is C12H15NO5S. The topological polar surface area (TPSA) is 77.2 Å². The summed E-state index contributed by atoms with van der Waals surface area (Å²) in [6, 6.07) is 0. The van der Waals surface area contributed by atoms with Gasteiger partial charge in [0, 0.05) is 5.75 Å². The molecule has 0 aliphatic rings. The first-order valence-electron chi connectivity index (χ1n) is 5.37. The third kappa shape index (κ3) is 6.52. The van der Waals surface area contributed by atoms with Crippen LogP contribution in [0, 0.1) is 6.57 Å². The van der Waals surface area contributed by atoms with E-state index in [1.807, 2.05) is 6.26 Å². The number of hydrogen-bond donors (Lipinski definition) is 1. The van der Waals surface area contributed by atoms with Gasteiger partial charge in [0.1, 0.15) is 6.61 Å². The largest absolute Gasteiger partial charge is 0.515 e. The normalized spacial score (nSPS) is 11.6. The molecule has 0 radical (unpaired) electrons. The fourth-order valence-electron chi connectivity index (χ4n) is 0.939. The van der Waals surface area contributed by atoms with E-state index in [9.17, 15) is 9.59 Å². The van der Waals surface area contributed by atoms with Crippen LogP contribution < -0.4 is 0 Å². The minimum Gasteiger partial charge on any atom is -0.515 e. The molecule has 19 heavy (non-hydrogen) atoms. The summed E-state index contributed by atoms with van der Waals surface area (Å²) in [5.74, 6) is -1.04. The van der Waals surface area contributed by atoms with Crippen molar-refractivity contribution in [2.75, 3.05) is 25.2 Å². The van der Waals surface area contributed by atoms with Gasteiger partial charge < -0.3 is 14.6 Å². The molecule has 0 aromatic carbocycles. The average Bonchev–Trinajstić information content (AvgIpc) is 2.40. The first kappa shape index (κ1) is 17.1. The molecule has 0 aliphatic heterocycles. The van der Waals surface area contributed by atoms with Gasteiger partial charge in [0.15, 0.2) is 0 Å². The molecule has 0 rings (SSSR count). The molecule has 0 saturated heterocycles. The van der Waals surface area contributed by atoms with Crippen molar-refractivity contribution in [2.45, 2.75) is 6.92 Å². The lowest BCUT2D eigenvalue weighted by Gasteiger charge is -2.04. The van der Waals surface area contributed by atoms with Crippen molar-refractivity contribution in [1.82, 2.24) is 0 Å². The highest BCUT2D eigenvalue weighted by Gasteiger charge is 2.16. The third-order valence-electron chi connectivity index (χ3n) is 1.79. The summed E-state index contributed by atoms with van der Waals surface area (Å²) < 4.78 is 9.47. The van der Waals surface area contributed by atoms with Crippen molar-refractivity contribution in [3.8, 4) is 0 Å². The number of rotatable bonds is 7. The maximum absolute atomic E-state index is 11.5. The molecule has 0 aromatic rings. The van der Waals surface area contributed by atoms with Crippen LogP contribution in [-0.2, 0) is 19.1 Å². The Hall–Kier alpha value is -1.94. The van der Waals surface area contributed by atoms with E-state index >= 15 is 0 Å². The van der Waals surface area contributed by atoms with Crippen LogP contribution in [0.15, 0.2) is 23.6 Å². The molecule has 0 aromatic heterocycles. The van der Waals surface area contributed by atoms with Gasteiger partial charge in [-0.2, -0.15) is 11.8 Å². The Labute approximate surface area is 115 Å². The molecule has 104 valence electrons. The summed E-state index contributed by atoms with van der Waals surface area (Å²) >= 11 is 1.50. The standard InChI is InChI=1S/C12H15NO5S/c1-4-17-12(16)10(13-2)7-9(8-14)11(15)18-5-6-19-3/h7-8,14H,4-6H2,1,3H3/b9-8-,10-7-. The summed E-state index contributed by atoms with van der Waals surface area (Å²) in [5, 5.41) is 8.94. The lowest BCUT2D eigenvalue weighted by molar-refractivity contribution is -0.138. The second-order valence-corrected chi connectivity index (χ2v) is 4.06. The summed E-state index contributed by atoms with van der Waals surface area (Å²) in [7, 11) is 0. The van der Waals surface area contributed by atoms with Gasteiger partial charge in [-0.05, 0) is 19.3 Å². The zero-order chi connectivity index (χ0) is 14.7. The van der Waals surface area contributed by atoms with Crippen LogP contribution >= 0.6 is 11.8 Å². The Kier molecular flexibility index (Phi) is 9.00. The number of ether oxygens (including phenoxy) is 2. The first-order valence-corrected chi connectivity index (χ1v) is 6.76. The van der Waals surface area contributed by atoms with Crippen molar-refractivity contribution >= 4 is 23.7 Å². The van der Waals surface area contributed by atoms with E-state index in [0.717, 1.165) is 6.08 Å². The smallest absolute Gasteiger partial charge is 0.339 e. The molecule has 0 spiro atoms. The van der Waals surface area contributed by atoms with E-state index < -0.39 is 17.6 Å². The van der Waals surface area contributed by atoms with Gasteiger partial charge in [0.2, 0.25) is 0 Å². The molecule has 0 unspecified atom stereocenters. The molecule has 0 bridgehead atoms. The fraction of sp³-hybridized carbons (Fsp3) is 0.417. The van der Waals surface area contributed by atoms with Crippen molar-refractivity contribution < 1.29 is 24.2 Å². The Morgan fingerprint density at radius 3 is 2.53 bits per heavy atom. The molecule has 0 atom stereocenters. The van der Waals surface area contributed by atoms with Gasteiger partial charge in [-0.25, -0.2) is 9.64 Å². The number of thioether (sulfide) groups is 1. The number of aliphatic hydroxyl groups excluding tert-OH is 1. The van der Waals surface area contributed by atoms with Crippen molar-refractivity contribution in [2.24, 2.45) is 0 Å². The highest BCUT2D eigenvalue weighted by molar-refractivity contribution is 7.98. The van der Waals surface area contributed by atoms with Crippen LogP contribution in [0.25, 0.3) is 4.85 Å². The summed E-state index contributed by atoms with van der Waals surface area (Å²) in [4.78, 5) is 25.8. The van der Waals surface area contributed by atoms with Gasteiger partial charge in [-0.15, -0.1) is 0 Å². The summed E-state index contributed by atoms with van der Waals surface area (Å²) in [6.07, 6.45) is 3.28. The SMILES string of the molecule is [C-]#[N+]/C(=C\C(=C\O)C(=O)OCCSC)C(=O)OCC. The number of nitrogens with zero attached hydrogens (tertiary/aromatic N) is 1. The monoisotopic (exact) mass is 285 g/mol. The second kappa shape index (κ2) is 10.0. The zero-order valence-corrected chi connectivity index (χ0v) is 11.5. The van der Waals surface area contributed by atoms with Crippen LogP contribution in [0.2, 0.25) is 0 Å². The maximum Gasteiger partial charge on any atom is 0.339 e. The molecule has 7 heteroatoms. The Bertz CT molecular complexity index is 422. The number of hydrogen-bond acceptors (Lipinski definition) is 6. The van der Waals surface area contributed by atoms with Crippen LogP contribution in [-0.4, -0.2) is 42.3 Å². The molecular weight excluding hydrogens is 270 g/mol. The average molecular weight is 285 g/mol. The molecule has 1 N–H and O–H groups in total. The summed E-state index contributed by atoms with van der Waals surface area (Å²) in [5.41, 5.74) is -0.677. The van der Waals surface area contributed by atoms with E-state index in [0.29, 0.717) is 12.0 Å². The molecule has 0 saturated carbocycles. The lowest BCUT2D eigenvalue weighted by Crippen LogP contribution is -2.11. The Morgan fingerprint density at radius 1 is 1.37 bits per heavy atom. The Morgan fingerprint density at radius 2 is 2.05 bits per heavy atom. The van der Waals surface area contributed by atoms with E-state index in [4.69, 9.17) is 16.4 Å². The van der Waals surface area contributed by atoms with Crippen LogP contribution in [0.3, 0.4) is 0 Å². The highest BCUT2D eigenvalue weighted by atomic mass is 32.2. The molecule has 0 heterocycles. The van der Waals surface area contributed by atoms with Gasteiger partial charge in [0.05, 0.1) is 25.0 Å². The van der Waals surface area contributed by atoms with E-state index in [1.54, 1.807) is 6.92 Å². The maximum atomic E-state index is 11.5. The van der Waals surface area contributed by atoms with Crippen molar-refractivity contribution in [3.05, 3.63) is 35.0 Å². The fourth-order valence-corrected chi connectivity index (χ4v) is 1.19. The van der Waals surface area contributed by atoms with Crippen molar-refractivity contribution in [3.63, 3.8) is 0 Å². The summed E-state index contributed by atoms with van der Waals surface area (Å²) in [6.45, 7) is 8.73. The van der Waals surface area contributed by atoms with Gasteiger partial charge in [-0.1, -0.05) is 0 Å². The van der Waals surface area contributed by atoms with Crippen molar-refractivity contribution in [1.29, 1.82) is 0 Å². The van der Waals surface area contributed by atoms with Gasteiger partial charge >= 0.3 is 11.9 Å². The first-order chi connectivity index (χ1) is 9.10. The third-order valence-corrected chi connectivity index (χ3v) is 2.37. The number of esters is 2. The van der Waals surface area contributed by atoms with Crippen LogP contribution in [0.1, 0.15) is 6.92 Å². The van der Waals surface area contributed by atoms with E-state index in [1.165, 1.54) is 11.8 Å². The number of carbonyl (C=O) groups is 2.